The topological polar surface area (TPSA) is 66.4 Å². The Bertz CT molecular complexity index is 572. The molecule has 2 N–H and O–H groups in total. The number of hydrogen-bond donors (Lipinski definition) is 2. The van der Waals surface area contributed by atoms with E-state index in [1.165, 1.54) is 19.1 Å². The third-order valence-corrected chi connectivity index (χ3v) is 4.75. The van der Waals surface area contributed by atoms with Crippen molar-refractivity contribution in [1.82, 2.24) is 5.32 Å². The molecule has 4 nitrogen and oxygen atoms in total. The fourth-order valence-electron chi connectivity index (χ4n) is 2.35. The van der Waals surface area contributed by atoms with E-state index >= 15 is 0 Å². The summed E-state index contributed by atoms with van der Waals surface area (Å²) >= 11 is 11.8. The van der Waals surface area contributed by atoms with E-state index in [4.69, 9.17) is 23.2 Å². The van der Waals surface area contributed by atoms with E-state index in [9.17, 15) is 14.7 Å². The summed E-state index contributed by atoms with van der Waals surface area (Å²) in [5.41, 5.74) is -1.12. The average molecular weight is 330 g/mol. The van der Waals surface area contributed by atoms with Gasteiger partial charge >= 0.3 is 5.97 Å². The Hall–Kier alpha value is -1.26. The monoisotopic (exact) mass is 329 g/mol. The number of halogens is 2. The number of amides is 1. The highest BCUT2D eigenvalue weighted by Crippen LogP contribution is 2.31. The molecular formula is C15H17Cl2NO3. The first-order valence-corrected chi connectivity index (χ1v) is 7.58. The Morgan fingerprint density at radius 1 is 1.33 bits per heavy atom. The van der Waals surface area contributed by atoms with Gasteiger partial charge < -0.3 is 10.4 Å². The highest BCUT2D eigenvalue weighted by molar-refractivity contribution is 6.42. The van der Waals surface area contributed by atoms with Crippen LogP contribution in [0.25, 0.3) is 0 Å². The van der Waals surface area contributed by atoms with Gasteiger partial charge in [-0.1, -0.05) is 35.7 Å². The van der Waals surface area contributed by atoms with Crippen molar-refractivity contribution in [1.29, 1.82) is 0 Å². The maximum atomic E-state index is 12.1. The normalized spacial score (nSPS) is 17.7. The van der Waals surface area contributed by atoms with E-state index in [-0.39, 0.29) is 10.9 Å². The minimum absolute atomic E-state index is 0.254. The molecule has 1 amide bonds. The zero-order valence-electron chi connectivity index (χ0n) is 11.7. The average Bonchev–Trinajstić information content (AvgIpc) is 2.36. The molecule has 0 saturated heterocycles. The van der Waals surface area contributed by atoms with Crippen LogP contribution in [0.4, 0.5) is 0 Å². The van der Waals surface area contributed by atoms with Gasteiger partial charge in [0.25, 0.3) is 0 Å². The van der Waals surface area contributed by atoms with Crippen molar-refractivity contribution in [3.8, 4) is 0 Å². The summed E-state index contributed by atoms with van der Waals surface area (Å²) in [6.45, 7) is 1.45. The van der Waals surface area contributed by atoms with Crippen molar-refractivity contribution in [2.45, 2.75) is 38.1 Å². The molecule has 1 unspecified atom stereocenters. The summed E-state index contributed by atoms with van der Waals surface area (Å²) in [6.07, 6.45) is 3.57. The molecule has 1 aliphatic rings. The third kappa shape index (κ3) is 3.50. The molecule has 1 aliphatic carbocycles. The van der Waals surface area contributed by atoms with Gasteiger partial charge in [-0.3, -0.25) is 4.79 Å². The number of carbonyl (C=O) groups excluding carboxylic acids is 1. The van der Waals surface area contributed by atoms with Gasteiger partial charge in [0.05, 0.1) is 10.0 Å². The summed E-state index contributed by atoms with van der Waals surface area (Å²) in [4.78, 5) is 23.7. The van der Waals surface area contributed by atoms with Crippen molar-refractivity contribution < 1.29 is 14.7 Å². The standard InChI is InChI=1S/C15H17Cl2NO3/c1-15(14(20)21,10-5-6-11(16)12(17)8-10)18-13(19)7-9-3-2-4-9/h5-6,8-9H,2-4,7H2,1H3,(H,18,19)(H,20,21). The van der Waals surface area contributed by atoms with E-state index in [1.807, 2.05) is 0 Å². The van der Waals surface area contributed by atoms with Crippen LogP contribution in [0.15, 0.2) is 18.2 Å². The molecule has 0 aliphatic heterocycles. The Labute approximate surface area is 133 Å². The van der Waals surface area contributed by atoms with Crippen LogP contribution in [-0.4, -0.2) is 17.0 Å². The predicted molar refractivity (Wildman–Crippen MR) is 81.6 cm³/mol. The van der Waals surface area contributed by atoms with Crippen LogP contribution < -0.4 is 5.32 Å². The molecule has 0 aromatic heterocycles. The maximum absolute atomic E-state index is 12.1. The molecule has 0 heterocycles. The van der Waals surface area contributed by atoms with Crippen LogP contribution in [0.5, 0.6) is 0 Å². The molecule has 0 radical (unpaired) electrons. The van der Waals surface area contributed by atoms with Gasteiger partial charge in [0.1, 0.15) is 0 Å². The van der Waals surface area contributed by atoms with E-state index in [0.717, 1.165) is 19.3 Å². The first-order valence-electron chi connectivity index (χ1n) is 6.83. The Morgan fingerprint density at radius 3 is 2.48 bits per heavy atom. The van der Waals surface area contributed by atoms with Crippen LogP contribution in [0.2, 0.25) is 10.0 Å². The third-order valence-electron chi connectivity index (χ3n) is 4.01. The summed E-state index contributed by atoms with van der Waals surface area (Å²) in [6, 6.07) is 4.56. The molecule has 0 spiro atoms. The quantitative estimate of drug-likeness (QED) is 0.867. The fourth-order valence-corrected chi connectivity index (χ4v) is 2.64. The minimum Gasteiger partial charge on any atom is -0.479 e. The zero-order chi connectivity index (χ0) is 15.6. The van der Waals surface area contributed by atoms with Gasteiger partial charge in [-0.05, 0) is 43.4 Å². The van der Waals surface area contributed by atoms with Crippen LogP contribution in [0, 0.1) is 5.92 Å². The lowest BCUT2D eigenvalue weighted by atomic mass is 9.82. The van der Waals surface area contributed by atoms with Gasteiger partial charge in [-0.2, -0.15) is 0 Å². The molecule has 1 aromatic carbocycles. The van der Waals surface area contributed by atoms with E-state index in [0.29, 0.717) is 22.9 Å². The zero-order valence-corrected chi connectivity index (χ0v) is 13.2. The van der Waals surface area contributed by atoms with Gasteiger partial charge in [-0.25, -0.2) is 4.79 Å². The smallest absolute Gasteiger partial charge is 0.333 e. The van der Waals surface area contributed by atoms with Crippen molar-refractivity contribution in [2.24, 2.45) is 5.92 Å². The molecule has 0 bridgehead atoms. The molecule has 1 saturated carbocycles. The van der Waals surface area contributed by atoms with Crippen LogP contribution >= 0.6 is 23.2 Å². The van der Waals surface area contributed by atoms with Gasteiger partial charge in [0.2, 0.25) is 5.91 Å². The van der Waals surface area contributed by atoms with Crippen molar-refractivity contribution >= 4 is 35.1 Å². The molecular weight excluding hydrogens is 313 g/mol. The molecule has 1 aromatic rings. The van der Waals surface area contributed by atoms with Crippen LogP contribution in [0.1, 0.15) is 38.2 Å². The number of hydrogen-bond acceptors (Lipinski definition) is 2. The van der Waals surface area contributed by atoms with Crippen LogP contribution in [0.3, 0.4) is 0 Å². The number of carboxylic acid groups (broad SMARTS) is 1. The maximum Gasteiger partial charge on any atom is 0.333 e. The SMILES string of the molecule is CC(NC(=O)CC1CCC1)(C(=O)O)c1ccc(Cl)c(Cl)c1. The van der Waals surface area contributed by atoms with Gasteiger partial charge in [0, 0.05) is 6.42 Å². The largest absolute Gasteiger partial charge is 0.479 e. The Balaban J connectivity index is 2.20. The second-order valence-corrected chi connectivity index (χ2v) is 6.42. The summed E-state index contributed by atoms with van der Waals surface area (Å²) < 4.78 is 0. The van der Waals surface area contributed by atoms with E-state index < -0.39 is 11.5 Å². The summed E-state index contributed by atoms with van der Waals surface area (Å²) in [7, 11) is 0. The molecule has 2 rings (SSSR count). The number of carbonyl (C=O) groups is 2. The lowest BCUT2D eigenvalue weighted by molar-refractivity contribution is -0.147. The lowest BCUT2D eigenvalue weighted by Gasteiger charge is -2.30. The van der Waals surface area contributed by atoms with Crippen LogP contribution in [-0.2, 0) is 15.1 Å². The fraction of sp³-hybridized carbons (Fsp3) is 0.467. The number of carboxylic acids is 1. The lowest BCUT2D eigenvalue weighted by Crippen LogP contribution is -2.50. The number of nitrogens with one attached hydrogen (secondary N) is 1. The highest BCUT2D eigenvalue weighted by Gasteiger charge is 2.37. The van der Waals surface area contributed by atoms with Crippen molar-refractivity contribution in [3.05, 3.63) is 33.8 Å². The van der Waals surface area contributed by atoms with E-state index in [2.05, 4.69) is 5.32 Å². The summed E-state index contributed by atoms with van der Waals surface area (Å²) in [5.74, 6) is -1.02. The van der Waals surface area contributed by atoms with E-state index in [1.54, 1.807) is 6.07 Å². The molecule has 114 valence electrons. The van der Waals surface area contributed by atoms with Gasteiger partial charge in [0.15, 0.2) is 5.54 Å². The van der Waals surface area contributed by atoms with Gasteiger partial charge in [-0.15, -0.1) is 0 Å². The second-order valence-electron chi connectivity index (χ2n) is 5.61. The molecule has 1 fully saturated rings. The van der Waals surface area contributed by atoms with Crippen molar-refractivity contribution in [2.75, 3.05) is 0 Å². The van der Waals surface area contributed by atoms with Crippen molar-refractivity contribution in [3.63, 3.8) is 0 Å². The highest BCUT2D eigenvalue weighted by atomic mass is 35.5. The molecule has 1 atom stereocenters. The summed E-state index contributed by atoms with van der Waals surface area (Å²) in [5, 5.41) is 12.7. The number of benzene rings is 1. The number of aliphatic carboxylic acids is 1. The Kier molecular flexibility index (Phi) is 4.79. The number of rotatable bonds is 5. The minimum atomic E-state index is -1.52. The molecule has 6 heteroatoms. The second kappa shape index (κ2) is 6.24. The first kappa shape index (κ1) is 16.1. The Morgan fingerprint density at radius 2 is 2.00 bits per heavy atom. The predicted octanol–water partition coefficient (Wildman–Crippen LogP) is 3.60. The first-order chi connectivity index (χ1) is 9.83. The molecule has 21 heavy (non-hydrogen) atoms.